The first-order valence-corrected chi connectivity index (χ1v) is 8.88. The summed E-state index contributed by atoms with van der Waals surface area (Å²) in [5.74, 6) is -0.291. The molecule has 0 bridgehead atoms. The molecule has 1 heterocycles. The van der Waals surface area contributed by atoms with E-state index >= 15 is 0 Å². The highest BCUT2D eigenvalue weighted by Gasteiger charge is 2.14. The SMILES string of the molecule is N#Cc1ccc(/C=C(\Cl)c2nnc(C(=O)NCc3ccccc3)s2)cc1. The third-order valence-electron chi connectivity index (χ3n) is 3.45. The van der Waals surface area contributed by atoms with Crippen LogP contribution in [-0.2, 0) is 6.54 Å². The van der Waals surface area contributed by atoms with Gasteiger partial charge in [-0.3, -0.25) is 4.79 Å². The zero-order chi connectivity index (χ0) is 18.4. The predicted octanol–water partition coefficient (Wildman–Crippen LogP) is 4.08. The highest BCUT2D eigenvalue weighted by Crippen LogP contribution is 2.25. The van der Waals surface area contributed by atoms with Crippen LogP contribution in [0.2, 0.25) is 0 Å². The van der Waals surface area contributed by atoms with E-state index in [9.17, 15) is 4.79 Å². The standard InChI is InChI=1S/C19H13ClN4OS/c20-16(10-13-6-8-14(11-21)9-7-13)18-23-24-19(26-18)17(25)22-12-15-4-2-1-3-5-15/h1-10H,12H2,(H,22,25)/b16-10-. The van der Waals surface area contributed by atoms with E-state index in [0.29, 0.717) is 22.1 Å². The minimum atomic E-state index is -0.291. The van der Waals surface area contributed by atoms with Crippen LogP contribution < -0.4 is 5.32 Å². The van der Waals surface area contributed by atoms with Crippen LogP contribution in [0.1, 0.15) is 31.5 Å². The average molecular weight is 381 g/mol. The van der Waals surface area contributed by atoms with Crippen LogP contribution in [0.3, 0.4) is 0 Å². The fourth-order valence-electron chi connectivity index (χ4n) is 2.13. The summed E-state index contributed by atoms with van der Waals surface area (Å²) < 4.78 is 0. The second-order valence-corrected chi connectivity index (χ2v) is 6.69. The maximum absolute atomic E-state index is 12.2. The Labute approximate surface area is 159 Å². The molecule has 2 aromatic carbocycles. The molecule has 0 saturated heterocycles. The lowest BCUT2D eigenvalue weighted by Crippen LogP contribution is -2.22. The highest BCUT2D eigenvalue weighted by atomic mass is 35.5. The molecular weight excluding hydrogens is 368 g/mol. The number of amides is 1. The van der Waals surface area contributed by atoms with Gasteiger partial charge in [0.1, 0.15) is 0 Å². The van der Waals surface area contributed by atoms with E-state index in [1.54, 1.807) is 30.3 Å². The first-order chi connectivity index (χ1) is 12.7. The number of carbonyl (C=O) groups is 1. The van der Waals surface area contributed by atoms with Gasteiger partial charge in [-0.05, 0) is 29.3 Å². The first kappa shape index (κ1) is 17.8. The maximum Gasteiger partial charge on any atom is 0.282 e. The molecule has 128 valence electrons. The summed E-state index contributed by atoms with van der Waals surface area (Å²) >= 11 is 7.40. The van der Waals surface area contributed by atoms with Crippen molar-refractivity contribution in [3.63, 3.8) is 0 Å². The molecule has 5 nitrogen and oxygen atoms in total. The van der Waals surface area contributed by atoms with Crippen molar-refractivity contribution in [2.24, 2.45) is 0 Å². The van der Waals surface area contributed by atoms with E-state index in [2.05, 4.69) is 21.6 Å². The number of nitrogens with one attached hydrogen (secondary N) is 1. The number of rotatable bonds is 5. The third-order valence-corrected chi connectivity index (χ3v) is 4.81. The van der Waals surface area contributed by atoms with Crippen LogP contribution in [0.15, 0.2) is 54.6 Å². The van der Waals surface area contributed by atoms with E-state index in [4.69, 9.17) is 16.9 Å². The van der Waals surface area contributed by atoms with Gasteiger partial charge in [-0.15, -0.1) is 10.2 Å². The topological polar surface area (TPSA) is 78.7 Å². The molecule has 0 unspecified atom stereocenters. The normalized spacial score (nSPS) is 11.0. The van der Waals surface area contributed by atoms with E-state index in [-0.39, 0.29) is 10.9 Å². The lowest BCUT2D eigenvalue weighted by atomic mass is 10.1. The van der Waals surface area contributed by atoms with Gasteiger partial charge in [-0.1, -0.05) is 65.4 Å². The van der Waals surface area contributed by atoms with Gasteiger partial charge >= 0.3 is 0 Å². The van der Waals surface area contributed by atoms with E-state index < -0.39 is 0 Å². The molecule has 0 atom stereocenters. The molecular formula is C19H13ClN4OS. The molecule has 26 heavy (non-hydrogen) atoms. The molecule has 7 heteroatoms. The molecule has 1 N–H and O–H groups in total. The summed E-state index contributed by atoms with van der Waals surface area (Å²) in [6.45, 7) is 0.420. The number of nitriles is 1. The Morgan fingerprint density at radius 2 is 1.81 bits per heavy atom. The summed E-state index contributed by atoms with van der Waals surface area (Å²) in [5.41, 5.74) is 2.41. The van der Waals surface area contributed by atoms with Gasteiger partial charge in [0.15, 0.2) is 5.01 Å². The monoisotopic (exact) mass is 380 g/mol. The lowest BCUT2D eigenvalue weighted by Gasteiger charge is -2.02. The Morgan fingerprint density at radius 3 is 2.50 bits per heavy atom. The fraction of sp³-hybridized carbons (Fsp3) is 0.0526. The first-order valence-electron chi connectivity index (χ1n) is 7.69. The van der Waals surface area contributed by atoms with Crippen LogP contribution in [0, 0.1) is 11.3 Å². The van der Waals surface area contributed by atoms with Gasteiger partial charge in [0, 0.05) is 6.54 Å². The quantitative estimate of drug-likeness (QED) is 0.723. The van der Waals surface area contributed by atoms with Gasteiger partial charge in [0.05, 0.1) is 16.7 Å². The molecule has 1 aromatic heterocycles. The Kier molecular flexibility index (Phi) is 5.74. The Morgan fingerprint density at radius 1 is 1.12 bits per heavy atom. The Balaban J connectivity index is 1.67. The van der Waals surface area contributed by atoms with Crippen molar-refractivity contribution in [1.82, 2.24) is 15.5 Å². The van der Waals surface area contributed by atoms with Crippen LogP contribution in [0.25, 0.3) is 11.1 Å². The predicted molar refractivity (Wildman–Crippen MR) is 102 cm³/mol. The zero-order valence-corrected chi connectivity index (χ0v) is 15.1. The smallest absolute Gasteiger partial charge is 0.282 e. The molecule has 1 amide bonds. The van der Waals surface area contributed by atoms with Crippen molar-refractivity contribution in [2.45, 2.75) is 6.54 Å². The van der Waals surface area contributed by atoms with Crippen molar-refractivity contribution >= 4 is 40.0 Å². The molecule has 0 radical (unpaired) electrons. The third kappa shape index (κ3) is 4.54. The van der Waals surface area contributed by atoms with Crippen molar-refractivity contribution in [1.29, 1.82) is 5.26 Å². The number of benzene rings is 2. The molecule has 0 aliphatic rings. The fourth-order valence-corrected chi connectivity index (χ4v) is 3.07. The van der Waals surface area contributed by atoms with Gasteiger partial charge < -0.3 is 5.32 Å². The number of carbonyl (C=O) groups excluding carboxylic acids is 1. The Hall–Kier alpha value is -3.01. The van der Waals surface area contributed by atoms with Gasteiger partial charge in [0.25, 0.3) is 5.91 Å². The highest BCUT2D eigenvalue weighted by molar-refractivity contribution is 7.15. The number of hydrogen-bond acceptors (Lipinski definition) is 5. The number of halogens is 1. The van der Waals surface area contributed by atoms with Crippen LogP contribution in [0.4, 0.5) is 0 Å². The molecule has 0 spiro atoms. The van der Waals surface area contributed by atoms with Crippen molar-refractivity contribution in [3.05, 3.63) is 81.3 Å². The Bertz CT molecular complexity index is 975. The molecule has 3 aromatic rings. The van der Waals surface area contributed by atoms with Crippen molar-refractivity contribution in [2.75, 3.05) is 0 Å². The van der Waals surface area contributed by atoms with Crippen molar-refractivity contribution < 1.29 is 4.79 Å². The van der Waals surface area contributed by atoms with E-state index in [1.807, 2.05) is 30.3 Å². The summed E-state index contributed by atoms with van der Waals surface area (Å²) in [6, 6.07) is 18.7. The second kappa shape index (κ2) is 8.39. The summed E-state index contributed by atoms with van der Waals surface area (Å²) in [5, 5.41) is 20.6. The summed E-state index contributed by atoms with van der Waals surface area (Å²) in [7, 11) is 0. The summed E-state index contributed by atoms with van der Waals surface area (Å²) in [4.78, 5) is 12.2. The van der Waals surface area contributed by atoms with Crippen LogP contribution >= 0.6 is 22.9 Å². The van der Waals surface area contributed by atoms with Gasteiger partial charge in [-0.2, -0.15) is 5.26 Å². The molecule has 0 aliphatic carbocycles. The largest absolute Gasteiger partial charge is 0.346 e. The van der Waals surface area contributed by atoms with Gasteiger partial charge in [0.2, 0.25) is 5.01 Å². The van der Waals surface area contributed by atoms with Gasteiger partial charge in [-0.25, -0.2) is 0 Å². The average Bonchev–Trinajstić information content (AvgIpc) is 3.18. The number of nitrogens with zero attached hydrogens (tertiary/aromatic N) is 3. The molecule has 0 aliphatic heterocycles. The van der Waals surface area contributed by atoms with Crippen molar-refractivity contribution in [3.8, 4) is 6.07 Å². The molecule has 0 saturated carbocycles. The minimum Gasteiger partial charge on any atom is -0.346 e. The van der Waals surface area contributed by atoms with E-state index in [0.717, 1.165) is 22.5 Å². The molecule has 0 fully saturated rings. The van der Waals surface area contributed by atoms with E-state index in [1.165, 1.54) is 0 Å². The minimum absolute atomic E-state index is 0.252. The van der Waals surface area contributed by atoms with Crippen LogP contribution in [0.5, 0.6) is 0 Å². The number of aromatic nitrogens is 2. The molecule has 3 rings (SSSR count). The van der Waals surface area contributed by atoms with Crippen LogP contribution in [-0.4, -0.2) is 16.1 Å². The lowest BCUT2D eigenvalue weighted by molar-refractivity contribution is 0.0950. The summed E-state index contributed by atoms with van der Waals surface area (Å²) in [6.07, 6.45) is 1.72. The second-order valence-electron chi connectivity index (χ2n) is 5.31. The maximum atomic E-state index is 12.2. The zero-order valence-electron chi connectivity index (χ0n) is 13.5. The number of hydrogen-bond donors (Lipinski definition) is 1.